The fourth-order valence-corrected chi connectivity index (χ4v) is 2.84. The van der Waals surface area contributed by atoms with Crippen LogP contribution in [0.15, 0.2) is 24.4 Å². The number of ether oxygens (including phenoxy) is 1. The van der Waals surface area contributed by atoms with Gasteiger partial charge in [0.2, 0.25) is 0 Å². The average Bonchev–Trinajstić information content (AvgIpc) is 2.86. The third-order valence-electron chi connectivity index (χ3n) is 4.11. The molecule has 0 N–H and O–H groups in total. The van der Waals surface area contributed by atoms with E-state index in [1.807, 2.05) is 28.8 Å². The molecule has 1 saturated heterocycles. The molecule has 0 saturated carbocycles. The lowest BCUT2D eigenvalue weighted by Gasteiger charge is -2.36. The minimum atomic E-state index is 0.195. The highest BCUT2D eigenvalue weighted by Gasteiger charge is 2.29. The van der Waals surface area contributed by atoms with E-state index in [1.54, 1.807) is 7.11 Å². The number of methoxy groups -OCH3 is 1. The van der Waals surface area contributed by atoms with Crippen LogP contribution < -0.4 is 4.90 Å². The van der Waals surface area contributed by atoms with Gasteiger partial charge in [0, 0.05) is 26.4 Å². The number of hydrogen-bond donors (Lipinski definition) is 0. The summed E-state index contributed by atoms with van der Waals surface area (Å²) in [5.74, 6) is 1.31. The standard InChI is InChI=1S/C15H18N4O/c1-11-6-8-18(10-13(11)20-2)15-12(9-16)19-7-4-3-5-14(19)17-15/h3-5,7,11,13H,6,8,10H2,1-2H3. The summed E-state index contributed by atoms with van der Waals surface area (Å²) in [6, 6.07) is 8.05. The van der Waals surface area contributed by atoms with Crippen molar-refractivity contribution in [3.8, 4) is 6.07 Å². The molecule has 20 heavy (non-hydrogen) atoms. The topological polar surface area (TPSA) is 53.6 Å². The van der Waals surface area contributed by atoms with Gasteiger partial charge in [0.15, 0.2) is 11.5 Å². The molecule has 3 rings (SSSR count). The highest BCUT2D eigenvalue weighted by atomic mass is 16.5. The van der Waals surface area contributed by atoms with Crippen molar-refractivity contribution in [3.05, 3.63) is 30.1 Å². The van der Waals surface area contributed by atoms with Crippen LogP contribution in [-0.2, 0) is 4.74 Å². The first-order valence-electron chi connectivity index (χ1n) is 6.89. The summed E-state index contributed by atoms with van der Waals surface area (Å²) in [4.78, 5) is 6.78. The molecule has 0 aliphatic carbocycles. The summed E-state index contributed by atoms with van der Waals surface area (Å²) in [5, 5.41) is 9.44. The lowest BCUT2D eigenvalue weighted by molar-refractivity contribution is 0.0496. The number of anilines is 1. The summed E-state index contributed by atoms with van der Waals surface area (Å²) in [6.07, 6.45) is 3.13. The molecule has 5 heteroatoms. The predicted octanol–water partition coefficient (Wildman–Crippen LogP) is 2.07. The molecule has 0 radical (unpaired) electrons. The number of nitrogens with zero attached hydrogens (tertiary/aromatic N) is 4. The van der Waals surface area contributed by atoms with Crippen LogP contribution in [-0.4, -0.2) is 35.7 Å². The number of imidazole rings is 1. The monoisotopic (exact) mass is 270 g/mol. The molecule has 3 heterocycles. The Hall–Kier alpha value is -2.06. The predicted molar refractivity (Wildman–Crippen MR) is 76.7 cm³/mol. The number of nitriles is 1. The maximum atomic E-state index is 9.44. The molecule has 104 valence electrons. The van der Waals surface area contributed by atoms with Gasteiger partial charge in [0.1, 0.15) is 11.7 Å². The van der Waals surface area contributed by atoms with Crippen LogP contribution in [0.5, 0.6) is 0 Å². The number of aromatic nitrogens is 2. The molecule has 2 unspecified atom stereocenters. The van der Waals surface area contributed by atoms with Crippen molar-refractivity contribution in [3.63, 3.8) is 0 Å². The zero-order valence-electron chi connectivity index (χ0n) is 11.8. The number of hydrogen-bond acceptors (Lipinski definition) is 4. The molecule has 2 atom stereocenters. The van der Waals surface area contributed by atoms with Crippen molar-refractivity contribution in [1.82, 2.24) is 9.38 Å². The Morgan fingerprint density at radius 3 is 3.05 bits per heavy atom. The minimum Gasteiger partial charge on any atom is -0.379 e. The number of pyridine rings is 1. The van der Waals surface area contributed by atoms with E-state index < -0.39 is 0 Å². The first kappa shape index (κ1) is 12.9. The third kappa shape index (κ3) is 2.02. The van der Waals surface area contributed by atoms with Crippen LogP contribution in [0.2, 0.25) is 0 Å². The molecule has 2 aromatic heterocycles. The SMILES string of the molecule is COC1CN(c2nc3ccccn3c2C#N)CCC1C. The Bertz CT molecular complexity index is 657. The quantitative estimate of drug-likeness (QED) is 0.838. The van der Waals surface area contributed by atoms with Crippen molar-refractivity contribution in [2.45, 2.75) is 19.4 Å². The second-order valence-electron chi connectivity index (χ2n) is 5.31. The van der Waals surface area contributed by atoms with Gasteiger partial charge in [-0.1, -0.05) is 13.0 Å². The van der Waals surface area contributed by atoms with Crippen molar-refractivity contribution in [2.75, 3.05) is 25.1 Å². The van der Waals surface area contributed by atoms with Gasteiger partial charge in [-0.15, -0.1) is 0 Å². The molecule has 0 aromatic carbocycles. The zero-order valence-corrected chi connectivity index (χ0v) is 11.8. The number of fused-ring (bicyclic) bond motifs is 1. The van der Waals surface area contributed by atoms with E-state index in [1.165, 1.54) is 0 Å². The summed E-state index contributed by atoms with van der Waals surface area (Å²) in [6.45, 7) is 3.91. The Morgan fingerprint density at radius 1 is 1.45 bits per heavy atom. The van der Waals surface area contributed by atoms with E-state index >= 15 is 0 Å². The third-order valence-corrected chi connectivity index (χ3v) is 4.11. The van der Waals surface area contributed by atoms with Gasteiger partial charge in [0.05, 0.1) is 6.10 Å². The number of piperidine rings is 1. The smallest absolute Gasteiger partial charge is 0.169 e. The van der Waals surface area contributed by atoms with Crippen molar-refractivity contribution in [1.29, 1.82) is 5.26 Å². The van der Waals surface area contributed by atoms with E-state index in [4.69, 9.17) is 4.74 Å². The van der Waals surface area contributed by atoms with Gasteiger partial charge in [-0.25, -0.2) is 4.98 Å². The maximum absolute atomic E-state index is 9.44. The fraction of sp³-hybridized carbons (Fsp3) is 0.467. The molecule has 1 aliphatic heterocycles. The van der Waals surface area contributed by atoms with Gasteiger partial charge in [-0.05, 0) is 24.5 Å². The lowest BCUT2D eigenvalue weighted by Crippen LogP contribution is -2.44. The average molecular weight is 270 g/mol. The highest BCUT2D eigenvalue weighted by Crippen LogP contribution is 2.27. The zero-order chi connectivity index (χ0) is 14.1. The highest BCUT2D eigenvalue weighted by molar-refractivity contribution is 5.60. The molecule has 1 aliphatic rings. The van der Waals surface area contributed by atoms with Crippen LogP contribution in [0.4, 0.5) is 5.82 Å². The Labute approximate surface area is 118 Å². The van der Waals surface area contributed by atoms with Crippen molar-refractivity contribution in [2.24, 2.45) is 5.92 Å². The van der Waals surface area contributed by atoms with E-state index in [-0.39, 0.29) is 6.10 Å². The van der Waals surface area contributed by atoms with Crippen molar-refractivity contribution < 1.29 is 4.74 Å². The number of rotatable bonds is 2. The molecule has 0 bridgehead atoms. The van der Waals surface area contributed by atoms with Gasteiger partial charge in [0.25, 0.3) is 0 Å². The lowest BCUT2D eigenvalue weighted by atomic mass is 9.96. The van der Waals surface area contributed by atoms with E-state index in [0.29, 0.717) is 11.6 Å². The molecular formula is C15H18N4O. The summed E-state index contributed by atoms with van der Waals surface area (Å²) in [5.41, 5.74) is 1.41. The summed E-state index contributed by atoms with van der Waals surface area (Å²) >= 11 is 0. The molecule has 0 amide bonds. The Balaban J connectivity index is 2.00. The van der Waals surface area contributed by atoms with Crippen LogP contribution >= 0.6 is 0 Å². The van der Waals surface area contributed by atoms with Crippen molar-refractivity contribution >= 4 is 11.5 Å². The normalized spacial score (nSPS) is 22.9. The molecular weight excluding hydrogens is 252 g/mol. The second-order valence-corrected chi connectivity index (χ2v) is 5.31. The Morgan fingerprint density at radius 2 is 2.30 bits per heavy atom. The van der Waals surface area contributed by atoms with E-state index in [2.05, 4.69) is 22.9 Å². The summed E-state index contributed by atoms with van der Waals surface area (Å²) < 4.78 is 7.39. The van der Waals surface area contributed by atoms with Crippen LogP contribution in [0, 0.1) is 17.2 Å². The minimum absolute atomic E-state index is 0.195. The fourth-order valence-electron chi connectivity index (χ4n) is 2.84. The first-order valence-corrected chi connectivity index (χ1v) is 6.89. The van der Waals surface area contributed by atoms with Crippen LogP contribution in [0.1, 0.15) is 19.0 Å². The second kappa shape index (κ2) is 5.14. The molecule has 0 spiro atoms. The van der Waals surface area contributed by atoms with E-state index in [9.17, 15) is 5.26 Å². The van der Waals surface area contributed by atoms with E-state index in [0.717, 1.165) is 31.0 Å². The molecule has 1 fully saturated rings. The maximum Gasteiger partial charge on any atom is 0.169 e. The van der Waals surface area contributed by atoms with Crippen LogP contribution in [0.25, 0.3) is 5.65 Å². The van der Waals surface area contributed by atoms with Gasteiger partial charge in [-0.2, -0.15) is 5.26 Å². The van der Waals surface area contributed by atoms with Gasteiger partial charge < -0.3 is 9.64 Å². The summed E-state index contributed by atoms with van der Waals surface area (Å²) in [7, 11) is 1.75. The first-order chi connectivity index (χ1) is 9.74. The van der Waals surface area contributed by atoms with Crippen LogP contribution in [0.3, 0.4) is 0 Å². The molecule has 2 aromatic rings. The van der Waals surface area contributed by atoms with Gasteiger partial charge in [-0.3, -0.25) is 4.40 Å². The Kier molecular flexibility index (Phi) is 3.33. The largest absolute Gasteiger partial charge is 0.379 e. The molecule has 5 nitrogen and oxygen atoms in total. The van der Waals surface area contributed by atoms with Gasteiger partial charge >= 0.3 is 0 Å².